The molecule has 5 aromatic carbocycles. The van der Waals surface area contributed by atoms with E-state index in [9.17, 15) is 5.41 Å². The van der Waals surface area contributed by atoms with Gasteiger partial charge >= 0.3 is 20.1 Å². The first-order chi connectivity index (χ1) is 34.9. The van der Waals surface area contributed by atoms with Crippen LogP contribution in [0.3, 0.4) is 0 Å². The molecule has 0 radical (unpaired) electrons. The van der Waals surface area contributed by atoms with Crippen molar-refractivity contribution < 1.29 is 43.4 Å². The summed E-state index contributed by atoms with van der Waals surface area (Å²) in [4.78, 5) is 4.98. The molecule has 60 heavy (non-hydrogen) atoms. The predicted molar refractivity (Wildman–Crippen MR) is 257 cm³/mol. The third-order valence-electron chi connectivity index (χ3n) is 8.88. The van der Waals surface area contributed by atoms with Gasteiger partial charge in [0.15, 0.2) is 0 Å². The molecule has 0 atom stereocenters. The van der Waals surface area contributed by atoms with E-state index in [0.717, 1.165) is 33.9 Å². The minimum absolute atomic E-state index is 0. The van der Waals surface area contributed by atoms with E-state index >= 15 is 0 Å². The normalized spacial score (nSPS) is 17.3. The van der Waals surface area contributed by atoms with Crippen LogP contribution in [0.1, 0.15) is 136 Å². The molecule has 1 aromatic heterocycles. The number of benzene rings is 5. The van der Waals surface area contributed by atoms with Crippen LogP contribution in [-0.4, -0.2) is 15.7 Å². The van der Waals surface area contributed by atoms with Gasteiger partial charge in [0, 0.05) is 19.4 Å². The van der Waals surface area contributed by atoms with Crippen LogP contribution >= 0.6 is 0 Å². The molecule has 0 bridgehead atoms. The van der Waals surface area contributed by atoms with Crippen LogP contribution in [0.15, 0.2) is 146 Å². The first-order valence-corrected chi connectivity index (χ1v) is 19.1. The Hall–Kier alpha value is -5.41. The Morgan fingerprint density at radius 1 is 1.00 bits per heavy atom. The molecular weight excluding hydrogens is 907 g/mol. The SMILES string of the molecule is [2H]C(=[N-])/C([2H])=C(\C=C(/C)c1[c-]c([2H])c([2H])c([2H])c1[2H])c1c([2H])c([2H])c(C([2H])([2H])C(C)(C)C)c([2H])c1[2H].[2H]C([2H])([2H])c1c[c-]c(-c2nc3ccccc3n2-c2c(C([2H])(C)C)cccc2C([2H])(C)C)cc1C(=C)/C=C\C=C/C.[Ir+3]. The molecule has 6 aromatic rings. The summed E-state index contributed by atoms with van der Waals surface area (Å²) in [5.41, 5.74) is 3.16. The van der Waals surface area contributed by atoms with Gasteiger partial charge in [-0.1, -0.05) is 165 Å². The Morgan fingerprint density at radius 2 is 1.70 bits per heavy atom. The van der Waals surface area contributed by atoms with Crippen LogP contribution in [0, 0.1) is 24.4 Å². The summed E-state index contributed by atoms with van der Waals surface area (Å²) in [6, 6.07) is 16.9. The van der Waals surface area contributed by atoms with Crippen LogP contribution in [0.5, 0.6) is 0 Å². The fourth-order valence-electron chi connectivity index (χ4n) is 6.13. The maximum Gasteiger partial charge on any atom is 3.00 e. The first kappa shape index (κ1) is 28.2. The second-order valence-electron chi connectivity index (χ2n) is 15.1. The molecule has 0 saturated carbocycles. The van der Waals surface area contributed by atoms with Gasteiger partial charge in [0.05, 0.1) is 23.7 Å². The zero-order chi connectivity index (χ0) is 57.5. The number of allylic oxidation sites excluding steroid dienone is 9. The third kappa shape index (κ3) is 12.1. The average Bonchev–Trinajstić information content (AvgIpc) is 3.71. The summed E-state index contributed by atoms with van der Waals surface area (Å²) in [6.07, 6.45) is 4.97. The molecule has 0 aliphatic carbocycles. The Kier molecular flexibility index (Phi) is 10.2. The van der Waals surface area contributed by atoms with E-state index in [0.29, 0.717) is 22.5 Å². The van der Waals surface area contributed by atoms with Gasteiger partial charge in [-0.25, -0.2) is 0 Å². The van der Waals surface area contributed by atoms with Gasteiger partial charge < -0.3 is 9.98 Å². The number of aryl methyl sites for hydroxylation is 1. The Morgan fingerprint density at radius 3 is 2.33 bits per heavy atom. The van der Waals surface area contributed by atoms with Crippen LogP contribution in [0.25, 0.3) is 50.2 Å². The van der Waals surface area contributed by atoms with Crippen molar-refractivity contribution >= 4 is 33.9 Å². The molecule has 0 aliphatic rings. The molecule has 6 rings (SSSR count). The van der Waals surface area contributed by atoms with E-state index in [4.69, 9.17) is 28.3 Å². The Labute approximate surface area is 398 Å². The van der Waals surface area contributed by atoms with Crippen molar-refractivity contribution in [2.24, 2.45) is 5.41 Å². The molecule has 4 heteroatoms. The van der Waals surface area contributed by atoms with E-state index in [-0.39, 0.29) is 36.8 Å². The fraction of sp³-hybridized carbons (Fsp3) is 0.250. The van der Waals surface area contributed by atoms with Gasteiger partial charge in [-0.15, -0.1) is 70.7 Å². The van der Waals surface area contributed by atoms with Crippen molar-refractivity contribution in [2.75, 3.05) is 0 Å². The summed E-state index contributed by atoms with van der Waals surface area (Å²) >= 11 is 0. The summed E-state index contributed by atoms with van der Waals surface area (Å²) in [6.45, 7) is 17.1. The Bertz CT molecular complexity index is 3330. The molecule has 0 amide bonds. The summed E-state index contributed by atoms with van der Waals surface area (Å²) < 4.78 is 142. The topological polar surface area (TPSA) is 40.1 Å². The second-order valence-corrected chi connectivity index (χ2v) is 15.1. The van der Waals surface area contributed by atoms with Gasteiger partial charge in [-0.2, -0.15) is 6.19 Å². The number of nitrogens with zero attached hydrogens (tertiary/aromatic N) is 3. The monoisotopic (exact) mass is 985 g/mol. The average molecular weight is 984 g/mol. The van der Waals surface area contributed by atoms with Gasteiger partial charge in [-0.05, 0) is 78.8 Å². The van der Waals surface area contributed by atoms with Gasteiger partial charge in [0.2, 0.25) is 0 Å². The van der Waals surface area contributed by atoms with Gasteiger partial charge in [0.1, 0.15) is 0 Å². The first-order valence-electron chi connectivity index (χ1n) is 27.6. The van der Waals surface area contributed by atoms with E-state index in [1.54, 1.807) is 32.9 Å². The maximum absolute atomic E-state index is 9.73. The van der Waals surface area contributed by atoms with Crippen molar-refractivity contribution in [1.29, 1.82) is 0 Å². The second kappa shape index (κ2) is 21.7. The summed E-state index contributed by atoms with van der Waals surface area (Å²) in [7, 11) is 0. The molecule has 0 fully saturated rings. The summed E-state index contributed by atoms with van der Waals surface area (Å²) in [5.74, 6) is -1.39. The van der Waals surface area contributed by atoms with Crippen LogP contribution in [0.4, 0.5) is 0 Å². The number of hydrogen-bond donors (Lipinski definition) is 0. The number of imidazole rings is 1. The number of fused-ring (bicyclic) bond motifs is 1. The van der Waals surface area contributed by atoms with E-state index in [1.165, 1.54) is 13.0 Å². The molecule has 308 valence electrons. The van der Waals surface area contributed by atoms with Crippen molar-refractivity contribution in [3.05, 3.63) is 202 Å². The quantitative estimate of drug-likeness (QED) is 0.0684. The molecule has 0 saturated heterocycles. The number of aromatic nitrogens is 2. The number of para-hydroxylation sites is 3. The zero-order valence-electron chi connectivity index (χ0n) is 52.5. The van der Waals surface area contributed by atoms with Crippen LogP contribution in [-0.2, 0) is 26.5 Å². The van der Waals surface area contributed by atoms with Crippen molar-refractivity contribution in [3.8, 4) is 17.1 Å². The number of rotatable bonds is 12. The Balaban J connectivity index is 0.000000330. The van der Waals surface area contributed by atoms with Crippen molar-refractivity contribution in [3.63, 3.8) is 0 Å². The largest absolute Gasteiger partial charge is 3.00 e. The van der Waals surface area contributed by atoms with Crippen molar-refractivity contribution in [2.45, 2.75) is 87.3 Å². The molecule has 0 aliphatic heterocycles. The van der Waals surface area contributed by atoms with Gasteiger partial charge in [-0.3, -0.25) is 4.98 Å². The molecule has 0 spiro atoms. The molecular formula is C56H60IrN3. The van der Waals surface area contributed by atoms with E-state index in [2.05, 4.69) is 18.7 Å². The molecule has 1 heterocycles. The van der Waals surface area contributed by atoms with E-state index in [1.807, 2.05) is 99.9 Å². The minimum Gasteiger partial charge on any atom is -0.811 e. The fourth-order valence-corrected chi connectivity index (χ4v) is 6.13. The predicted octanol–water partition coefficient (Wildman–Crippen LogP) is 15.4. The minimum atomic E-state index is -2.36. The molecule has 0 N–H and O–H groups in total. The summed E-state index contributed by atoms with van der Waals surface area (Å²) in [5, 5.41) is 9.73. The number of hydrogen-bond acceptors (Lipinski definition) is 1. The zero-order valence-corrected chi connectivity index (χ0v) is 37.9. The smallest absolute Gasteiger partial charge is 0.811 e. The van der Waals surface area contributed by atoms with Gasteiger partial charge in [0.25, 0.3) is 0 Å². The standard InChI is InChI=1S/C33H35N2.C23H25N.Ir/c1-8-9-10-14-24(6)29-21-26(20-19-25(29)7)33-34-30-17-11-12-18-31(30)35(33)32-27(22(2)3)15-13-16-28(32)23(4)5;1-18(20-8-6-5-7-9-20)16-22(14-15-24)21-12-10-19(11-13-21)17-23(2,3)4;/h8-19,21-23H,6H2,1-5,7H3;5-8,10-16H,17H2,1-4H3;/q-1;-2;+3/b9-8-,14-10-;18-16+,22-14+;/i7D3,22D,23D;5D,6D,7D,8D,10D,11D,12D,13D,14D,15D,17D2;. The van der Waals surface area contributed by atoms with Crippen LogP contribution < -0.4 is 0 Å². The molecule has 3 nitrogen and oxygen atoms in total. The molecule has 0 unspecified atom stereocenters. The van der Waals surface area contributed by atoms with Crippen molar-refractivity contribution in [1.82, 2.24) is 9.55 Å². The van der Waals surface area contributed by atoms with Crippen LogP contribution in [0.2, 0.25) is 0 Å². The maximum atomic E-state index is 9.73. The third-order valence-corrected chi connectivity index (χ3v) is 8.88. The van der Waals surface area contributed by atoms with E-state index < -0.39 is 108 Å².